The topological polar surface area (TPSA) is 37.4 Å². The van der Waals surface area contributed by atoms with Crippen LogP contribution in [0.5, 0.6) is 5.75 Å². The van der Waals surface area contributed by atoms with Crippen LogP contribution in [0.3, 0.4) is 0 Å². The zero-order valence-electron chi connectivity index (χ0n) is 10.9. The molecule has 0 bridgehead atoms. The molecule has 0 aromatic carbocycles. The maximum Gasteiger partial charge on any atom is 0.171 e. The van der Waals surface area contributed by atoms with Gasteiger partial charge in [0.25, 0.3) is 0 Å². The highest BCUT2D eigenvalue weighted by molar-refractivity contribution is 5.85. The average Bonchev–Trinajstić information content (AvgIpc) is 3.01. The Kier molecular flexibility index (Phi) is 6.69. The monoisotopic (exact) mass is 305 g/mol. The van der Waals surface area contributed by atoms with Gasteiger partial charge >= 0.3 is 0 Å². The van der Waals surface area contributed by atoms with Gasteiger partial charge in [0.15, 0.2) is 11.6 Å². The number of ether oxygens (including phenoxy) is 1. The van der Waals surface area contributed by atoms with Gasteiger partial charge in [-0.05, 0) is 37.9 Å². The quantitative estimate of drug-likeness (QED) is 0.929. The first kappa shape index (κ1) is 16.3. The van der Waals surface area contributed by atoms with E-state index < -0.39 is 0 Å². The van der Waals surface area contributed by atoms with Crippen molar-refractivity contribution in [3.63, 3.8) is 0 Å². The van der Waals surface area contributed by atoms with Crippen molar-refractivity contribution in [3.05, 3.63) is 18.3 Å². The van der Waals surface area contributed by atoms with Crippen molar-refractivity contribution in [3.8, 4) is 5.75 Å². The molecular weight excluding hydrogens is 285 g/mol. The van der Waals surface area contributed by atoms with Gasteiger partial charge in [-0.3, -0.25) is 0 Å². The van der Waals surface area contributed by atoms with Crippen molar-refractivity contribution >= 4 is 30.6 Å². The third kappa shape index (κ3) is 3.88. The Hall–Kier alpha value is -0.710. The largest absolute Gasteiger partial charge is 0.485 e. The molecule has 0 radical (unpaired) electrons. The molecular formula is C13H21Cl2N3O. The summed E-state index contributed by atoms with van der Waals surface area (Å²) in [6, 6.07) is 4.00. The minimum atomic E-state index is 0. The van der Waals surface area contributed by atoms with Crippen molar-refractivity contribution < 1.29 is 4.74 Å². The minimum absolute atomic E-state index is 0. The van der Waals surface area contributed by atoms with E-state index in [1.165, 1.54) is 12.8 Å². The van der Waals surface area contributed by atoms with Gasteiger partial charge in [0, 0.05) is 25.8 Å². The Bertz CT molecular complexity index is 380. The maximum atomic E-state index is 6.05. The standard InChI is InChI=1S/C13H19N3O.2ClH/c1-2-9-16(8-1)13-12(4-3-6-15-13)17-11-5-7-14-10-11;;/h3-4,6,11,14H,1-2,5,7-10H2;2*1H. The molecule has 1 N–H and O–H groups in total. The summed E-state index contributed by atoms with van der Waals surface area (Å²) in [4.78, 5) is 6.81. The highest BCUT2D eigenvalue weighted by Crippen LogP contribution is 2.29. The van der Waals surface area contributed by atoms with Gasteiger partial charge in [0.2, 0.25) is 0 Å². The van der Waals surface area contributed by atoms with Gasteiger partial charge in [0.1, 0.15) is 6.10 Å². The number of hydrogen-bond donors (Lipinski definition) is 1. The lowest BCUT2D eigenvalue weighted by Crippen LogP contribution is -2.23. The normalized spacial score (nSPS) is 21.7. The molecule has 1 atom stereocenters. The van der Waals surface area contributed by atoms with Gasteiger partial charge < -0.3 is 15.0 Å². The van der Waals surface area contributed by atoms with Crippen molar-refractivity contribution in [1.29, 1.82) is 0 Å². The van der Waals surface area contributed by atoms with Crippen molar-refractivity contribution in [2.24, 2.45) is 0 Å². The Morgan fingerprint density at radius 1 is 1.26 bits per heavy atom. The van der Waals surface area contributed by atoms with Crippen LogP contribution in [0, 0.1) is 0 Å². The van der Waals surface area contributed by atoms with Crippen molar-refractivity contribution in [1.82, 2.24) is 10.3 Å². The fourth-order valence-corrected chi connectivity index (χ4v) is 2.55. The molecule has 2 fully saturated rings. The Morgan fingerprint density at radius 3 is 2.74 bits per heavy atom. The summed E-state index contributed by atoms with van der Waals surface area (Å²) >= 11 is 0. The van der Waals surface area contributed by atoms with E-state index in [-0.39, 0.29) is 24.8 Å². The summed E-state index contributed by atoms with van der Waals surface area (Å²) < 4.78 is 6.05. The molecule has 19 heavy (non-hydrogen) atoms. The van der Waals surface area contributed by atoms with E-state index in [0.717, 1.165) is 44.2 Å². The zero-order chi connectivity index (χ0) is 11.5. The van der Waals surface area contributed by atoms with Crippen LogP contribution in [-0.4, -0.2) is 37.3 Å². The molecule has 4 nitrogen and oxygen atoms in total. The van der Waals surface area contributed by atoms with E-state index in [1.807, 2.05) is 18.3 Å². The van der Waals surface area contributed by atoms with E-state index in [4.69, 9.17) is 4.74 Å². The molecule has 1 unspecified atom stereocenters. The number of pyridine rings is 1. The van der Waals surface area contributed by atoms with Crippen LogP contribution in [0.1, 0.15) is 19.3 Å². The fraction of sp³-hybridized carbons (Fsp3) is 0.615. The molecule has 2 saturated heterocycles. The van der Waals surface area contributed by atoms with Crippen LogP contribution < -0.4 is 15.0 Å². The second-order valence-corrected chi connectivity index (χ2v) is 4.75. The molecule has 2 aliphatic rings. The van der Waals surface area contributed by atoms with Crippen LogP contribution in [0.2, 0.25) is 0 Å². The van der Waals surface area contributed by atoms with Gasteiger partial charge in [-0.15, -0.1) is 24.8 Å². The van der Waals surface area contributed by atoms with Crippen LogP contribution in [0.4, 0.5) is 5.82 Å². The third-order valence-electron chi connectivity index (χ3n) is 3.47. The smallest absolute Gasteiger partial charge is 0.171 e. The van der Waals surface area contributed by atoms with Gasteiger partial charge in [-0.2, -0.15) is 0 Å². The maximum absolute atomic E-state index is 6.05. The molecule has 3 heterocycles. The lowest BCUT2D eigenvalue weighted by Gasteiger charge is -2.21. The molecule has 1 aromatic rings. The number of halogens is 2. The number of hydrogen-bond acceptors (Lipinski definition) is 4. The van der Waals surface area contributed by atoms with Gasteiger partial charge in [-0.1, -0.05) is 0 Å². The Labute approximate surface area is 126 Å². The SMILES string of the molecule is Cl.Cl.c1cnc(N2CCCC2)c(OC2CCNC2)c1. The average molecular weight is 306 g/mol. The number of nitrogens with zero attached hydrogens (tertiary/aromatic N) is 2. The van der Waals surface area contributed by atoms with E-state index in [9.17, 15) is 0 Å². The molecule has 0 aliphatic carbocycles. The van der Waals surface area contributed by atoms with Crippen molar-refractivity contribution in [2.75, 3.05) is 31.1 Å². The predicted octanol–water partition coefficient (Wildman–Crippen LogP) is 2.27. The lowest BCUT2D eigenvalue weighted by molar-refractivity contribution is 0.223. The number of rotatable bonds is 3. The zero-order valence-corrected chi connectivity index (χ0v) is 12.5. The molecule has 108 valence electrons. The summed E-state index contributed by atoms with van der Waals surface area (Å²) in [5, 5.41) is 3.32. The van der Waals surface area contributed by atoms with E-state index >= 15 is 0 Å². The second kappa shape index (κ2) is 7.78. The number of anilines is 1. The first-order valence-electron chi connectivity index (χ1n) is 6.51. The van der Waals surface area contributed by atoms with Gasteiger partial charge in [-0.25, -0.2) is 4.98 Å². The number of nitrogens with one attached hydrogen (secondary N) is 1. The summed E-state index contributed by atoms with van der Waals surface area (Å²) in [6.07, 6.45) is 5.78. The Morgan fingerprint density at radius 2 is 2.05 bits per heavy atom. The van der Waals surface area contributed by atoms with E-state index in [0.29, 0.717) is 6.10 Å². The molecule has 1 aromatic heterocycles. The fourth-order valence-electron chi connectivity index (χ4n) is 2.55. The van der Waals surface area contributed by atoms with Crippen LogP contribution >= 0.6 is 24.8 Å². The predicted molar refractivity (Wildman–Crippen MR) is 82.1 cm³/mol. The molecule has 0 spiro atoms. The lowest BCUT2D eigenvalue weighted by atomic mass is 10.3. The van der Waals surface area contributed by atoms with Crippen LogP contribution in [0.25, 0.3) is 0 Å². The first-order chi connectivity index (χ1) is 8.43. The van der Waals surface area contributed by atoms with E-state index in [2.05, 4.69) is 15.2 Å². The third-order valence-corrected chi connectivity index (χ3v) is 3.47. The molecule has 3 rings (SSSR count). The number of aromatic nitrogens is 1. The minimum Gasteiger partial charge on any atom is -0.485 e. The highest BCUT2D eigenvalue weighted by atomic mass is 35.5. The Balaban J connectivity index is 0.000000902. The molecule has 0 saturated carbocycles. The summed E-state index contributed by atoms with van der Waals surface area (Å²) in [7, 11) is 0. The molecule has 2 aliphatic heterocycles. The highest BCUT2D eigenvalue weighted by Gasteiger charge is 2.21. The van der Waals surface area contributed by atoms with Crippen molar-refractivity contribution in [2.45, 2.75) is 25.4 Å². The van der Waals surface area contributed by atoms with Crippen LogP contribution in [-0.2, 0) is 0 Å². The summed E-state index contributed by atoms with van der Waals surface area (Å²) in [5.41, 5.74) is 0. The summed E-state index contributed by atoms with van der Waals surface area (Å²) in [6.45, 7) is 4.23. The molecule has 6 heteroatoms. The first-order valence-corrected chi connectivity index (χ1v) is 6.51. The molecule has 0 amide bonds. The second-order valence-electron chi connectivity index (χ2n) is 4.75. The van der Waals surface area contributed by atoms with Crippen LogP contribution in [0.15, 0.2) is 18.3 Å². The van der Waals surface area contributed by atoms with E-state index in [1.54, 1.807) is 0 Å². The summed E-state index contributed by atoms with van der Waals surface area (Å²) in [5.74, 6) is 1.97. The van der Waals surface area contributed by atoms with Gasteiger partial charge in [0.05, 0.1) is 0 Å².